The van der Waals surface area contributed by atoms with E-state index in [4.69, 9.17) is 0 Å². The number of hydrogen-bond acceptors (Lipinski definition) is 3. The Balaban J connectivity index is 2.17. The van der Waals surface area contributed by atoms with Gasteiger partial charge in [-0.25, -0.2) is 8.42 Å². The van der Waals surface area contributed by atoms with E-state index in [1.165, 1.54) is 0 Å². The van der Waals surface area contributed by atoms with Gasteiger partial charge in [0.15, 0.2) is 0 Å². The van der Waals surface area contributed by atoms with Gasteiger partial charge >= 0.3 is 0 Å². The Kier molecular flexibility index (Phi) is 5.39. The summed E-state index contributed by atoms with van der Waals surface area (Å²) >= 11 is 0. The van der Waals surface area contributed by atoms with Crippen molar-refractivity contribution >= 4 is 27.3 Å². The Bertz CT molecular complexity index is 756. The maximum Gasteiger partial charge on any atom is 0.245 e. The first kappa shape index (κ1) is 17.0. The highest BCUT2D eigenvalue weighted by Crippen LogP contribution is 2.18. The topological polar surface area (TPSA) is 66.5 Å². The van der Waals surface area contributed by atoms with Gasteiger partial charge in [-0.05, 0) is 36.2 Å². The number of benzene rings is 2. The molecule has 122 valence electrons. The molecule has 1 amide bonds. The van der Waals surface area contributed by atoms with Crippen LogP contribution in [0, 0.1) is 0 Å². The SMILES string of the molecule is CCc1ccc(N(CC(=O)Nc2ccccc2)S(C)(=O)=O)cc1. The van der Waals surface area contributed by atoms with Crippen molar-refractivity contribution in [2.75, 3.05) is 22.4 Å². The molecule has 23 heavy (non-hydrogen) atoms. The number of hydrogen-bond donors (Lipinski definition) is 1. The largest absolute Gasteiger partial charge is 0.325 e. The average Bonchev–Trinajstić information content (AvgIpc) is 2.53. The van der Waals surface area contributed by atoms with Crippen molar-refractivity contribution in [3.8, 4) is 0 Å². The third-order valence-corrected chi connectivity index (χ3v) is 4.52. The maximum absolute atomic E-state index is 12.1. The summed E-state index contributed by atoms with van der Waals surface area (Å²) in [5.74, 6) is -0.388. The van der Waals surface area contributed by atoms with Gasteiger partial charge in [-0.15, -0.1) is 0 Å². The van der Waals surface area contributed by atoms with Crippen LogP contribution in [0.15, 0.2) is 54.6 Å². The van der Waals surface area contributed by atoms with Gasteiger partial charge in [0.1, 0.15) is 6.54 Å². The Morgan fingerprint density at radius 3 is 2.17 bits per heavy atom. The Hall–Kier alpha value is -2.34. The van der Waals surface area contributed by atoms with Crippen molar-refractivity contribution in [1.29, 1.82) is 0 Å². The molecule has 0 spiro atoms. The molecule has 1 N–H and O–H groups in total. The highest BCUT2D eigenvalue weighted by atomic mass is 32.2. The minimum atomic E-state index is -3.55. The van der Waals surface area contributed by atoms with E-state index < -0.39 is 10.0 Å². The number of rotatable bonds is 6. The predicted molar refractivity (Wildman–Crippen MR) is 93.1 cm³/mol. The molecule has 2 rings (SSSR count). The van der Waals surface area contributed by atoms with Gasteiger partial charge < -0.3 is 5.32 Å². The Morgan fingerprint density at radius 1 is 1.04 bits per heavy atom. The first-order chi connectivity index (χ1) is 10.9. The van der Waals surface area contributed by atoms with Gasteiger partial charge in [-0.2, -0.15) is 0 Å². The molecule has 2 aromatic carbocycles. The van der Waals surface area contributed by atoms with Crippen molar-refractivity contribution in [2.45, 2.75) is 13.3 Å². The second kappa shape index (κ2) is 7.28. The molecule has 0 unspecified atom stereocenters. The lowest BCUT2D eigenvalue weighted by Crippen LogP contribution is -2.37. The van der Waals surface area contributed by atoms with Gasteiger partial charge in [-0.1, -0.05) is 37.3 Å². The highest BCUT2D eigenvalue weighted by molar-refractivity contribution is 7.92. The van der Waals surface area contributed by atoms with Crippen molar-refractivity contribution in [3.63, 3.8) is 0 Å². The van der Waals surface area contributed by atoms with E-state index in [1.54, 1.807) is 36.4 Å². The molecule has 0 saturated carbocycles. The standard InChI is InChI=1S/C17H20N2O3S/c1-3-14-9-11-16(12-10-14)19(23(2,21)22)13-17(20)18-15-7-5-4-6-8-15/h4-12H,3,13H2,1-2H3,(H,18,20). The van der Waals surface area contributed by atoms with Crippen LogP contribution in [-0.4, -0.2) is 27.1 Å². The fraction of sp³-hybridized carbons (Fsp3) is 0.235. The molecule has 0 aliphatic rings. The zero-order valence-corrected chi connectivity index (χ0v) is 14.0. The molecule has 6 heteroatoms. The van der Waals surface area contributed by atoms with Crippen molar-refractivity contribution in [3.05, 3.63) is 60.2 Å². The number of amides is 1. The number of carbonyl (C=O) groups is 1. The molecule has 0 bridgehead atoms. The minimum absolute atomic E-state index is 0.265. The lowest BCUT2D eigenvalue weighted by Gasteiger charge is -2.22. The number of carbonyl (C=O) groups excluding carboxylic acids is 1. The number of nitrogens with one attached hydrogen (secondary N) is 1. The first-order valence-electron chi connectivity index (χ1n) is 7.31. The Morgan fingerprint density at radius 2 is 1.65 bits per heavy atom. The molecule has 0 saturated heterocycles. The van der Waals surface area contributed by atoms with Crippen LogP contribution in [0.2, 0.25) is 0 Å². The van der Waals surface area contributed by atoms with Gasteiger partial charge in [-0.3, -0.25) is 9.10 Å². The number of anilines is 2. The van der Waals surface area contributed by atoms with E-state index in [9.17, 15) is 13.2 Å². The predicted octanol–water partition coefficient (Wildman–Crippen LogP) is 2.65. The number of sulfonamides is 1. The van der Waals surface area contributed by atoms with Crippen LogP contribution in [0.3, 0.4) is 0 Å². The van der Waals surface area contributed by atoms with Gasteiger partial charge in [0.05, 0.1) is 11.9 Å². The molecule has 0 aliphatic heterocycles. The van der Waals surface area contributed by atoms with Crippen LogP contribution < -0.4 is 9.62 Å². The molecule has 2 aromatic rings. The summed E-state index contributed by atoms with van der Waals surface area (Å²) in [5.41, 5.74) is 2.22. The lowest BCUT2D eigenvalue weighted by molar-refractivity contribution is -0.114. The van der Waals surface area contributed by atoms with Crippen LogP contribution in [-0.2, 0) is 21.2 Å². The molecule has 0 radical (unpaired) electrons. The molecule has 0 atom stereocenters. The summed E-state index contributed by atoms with van der Waals surface area (Å²) in [5, 5.41) is 2.69. The first-order valence-corrected chi connectivity index (χ1v) is 9.16. The number of aryl methyl sites for hydroxylation is 1. The van der Waals surface area contributed by atoms with Crippen molar-refractivity contribution in [2.24, 2.45) is 0 Å². The van der Waals surface area contributed by atoms with Gasteiger partial charge in [0.25, 0.3) is 0 Å². The average molecular weight is 332 g/mol. The normalized spacial score (nSPS) is 11.0. The van der Waals surface area contributed by atoms with Gasteiger partial charge in [0, 0.05) is 5.69 Å². The van der Waals surface area contributed by atoms with Crippen molar-refractivity contribution in [1.82, 2.24) is 0 Å². The highest BCUT2D eigenvalue weighted by Gasteiger charge is 2.20. The van der Waals surface area contributed by atoms with Gasteiger partial charge in [0.2, 0.25) is 15.9 Å². The minimum Gasteiger partial charge on any atom is -0.325 e. The van der Waals surface area contributed by atoms with E-state index in [0.717, 1.165) is 22.5 Å². The third-order valence-electron chi connectivity index (χ3n) is 3.38. The molecule has 0 heterocycles. The van der Waals surface area contributed by atoms with Crippen LogP contribution in [0.4, 0.5) is 11.4 Å². The van der Waals surface area contributed by atoms with Crippen LogP contribution in [0.25, 0.3) is 0 Å². The summed E-state index contributed by atoms with van der Waals surface area (Å²) in [6.07, 6.45) is 1.96. The van der Waals surface area contributed by atoms with E-state index in [-0.39, 0.29) is 12.5 Å². The maximum atomic E-state index is 12.1. The smallest absolute Gasteiger partial charge is 0.245 e. The fourth-order valence-electron chi connectivity index (χ4n) is 2.15. The fourth-order valence-corrected chi connectivity index (χ4v) is 3.01. The van der Waals surface area contributed by atoms with Crippen LogP contribution in [0.1, 0.15) is 12.5 Å². The van der Waals surface area contributed by atoms with Crippen LogP contribution >= 0.6 is 0 Å². The van der Waals surface area contributed by atoms with E-state index >= 15 is 0 Å². The number of nitrogens with zero attached hydrogens (tertiary/aromatic N) is 1. The summed E-state index contributed by atoms with van der Waals surface area (Å²) < 4.78 is 25.1. The van der Waals surface area contributed by atoms with E-state index in [1.807, 2.05) is 25.1 Å². The summed E-state index contributed by atoms with van der Waals surface area (Å²) in [6, 6.07) is 16.1. The Labute approximate surface area is 137 Å². The van der Waals surface area contributed by atoms with Crippen molar-refractivity contribution < 1.29 is 13.2 Å². The molecule has 5 nitrogen and oxygen atoms in total. The molecule has 0 aromatic heterocycles. The summed E-state index contributed by atoms with van der Waals surface area (Å²) in [4.78, 5) is 12.1. The van der Waals surface area contributed by atoms with E-state index in [2.05, 4.69) is 5.32 Å². The summed E-state index contributed by atoms with van der Waals surface area (Å²) in [6.45, 7) is 1.76. The second-order valence-corrected chi connectivity index (χ2v) is 7.11. The van der Waals surface area contributed by atoms with E-state index in [0.29, 0.717) is 11.4 Å². The third kappa shape index (κ3) is 4.82. The molecule has 0 aliphatic carbocycles. The second-order valence-electron chi connectivity index (χ2n) is 5.20. The molecule has 0 fully saturated rings. The monoisotopic (exact) mass is 332 g/mol. The zero-order valence-electron chi connectivity index (χ0n) is 13.2. The molecular formula is C17H20N2O3S. The quantitative estimate of drug-likeness (QED) is 0.884. The number of para-hydroxylation sites is 1. The lowest BCUT2D eigenvalue weighted by atomic mass is 10.1. The summed E-state index contributed by atoms with van der Waals surface area (Å²) in [7, 11) is -3.55. The van der Waals surface area contributed by atoms with Crippen LogP contribution in [0.5, 0.6) is 0 Å². The zero-order chi connectivity index (χ0) is 16.9. The molecular weight excluding hydrogens is 312 g/mol.